The van der Waals surface area contributed by atoms with E-state index in [1.807, 2.05) is 12.1 Å². The summed E-state index contributed by atoms with van der Waals surface area (Å²) >= 11 is 5.91. The van der Waals surface area contributed by atoms with Crippen LogP contribution < -0.4 is 4.90 Å². The minimum absolute atomic E-state index is 0.193. The van der Waals surface area contributed by atoms with E-state index in [0.29, 0.717) is 5.88 Å². The van der Waals surface area contributed by atoms with Gasteiger partial charge in [-0.1, -0.05) is 6.07 Å². The standard InChI is InChI=1S/C12H17ClN2O/c13-8-10-4-3-6-14-12(10)15-7-2-1-5-11(15)9-16/h3-4,6,11,16H,1-2,5,7-9H2. The first-order valence-corrected chi connectivity index (χ1v) is 6.27. The van der Waals surface area contributed by atoms with E-state index < -0.39 is 0 Å². The van der Waals surface area contributed by atoms with Gasteiger partial charge in [0, 0.05) is 18.3 Å². The predicted molar refractivity (Wildman–Crippen MR) is 65.9 cm³/mol. The quantitative estimate of drug-likeness (QED) is 0.823. The highest BCUT2D eigenvalue weighted by molar-refractivity contribution is 6.17. The Morgan fingerprint density at radius 2 is 2.38 bits per heavy atom. The van der Waals surface area contributed by atoms with Crippen LogP contribution in [0.5, 0.6) is 0 Å². The van der Waals surface area contributed by atoms with Crippen LogP contribution in [0.1, 0.15) is 24.8 Å². The number of aliphatic hydroxyl groups is 1. The maximum Gasteiger partial charge on any atom is 0.133 e. The van der Waals surface area contributed by atoms with E-state index in [9.17, 15) is 5.11 Å². The fourth-order valence-corrected chi connectivity index (χ4v) is 2.47. The van der Waals surface area contributed by atoms with Crippen LogP contribution in [0.15, 0.2) is 18.3 Å². The Morgan fingerprint density at radius 3 is 3.12 bits per heavy atom. The number of aliphatic hydroxyl groups excluding tert-OH is 1. The number of pyridine rings is 1. The lowest BCUT2D eigenvalue weighted by atomic mass is 10.0. The number of rotatable bonds is 3. The second-order valence-corrected chi connectivity index (χ2v) is 4.41. The summed E-state index contributed by atoms with van der Waals surface area (Å²) in [5.41, 5.74) is 1.05. The number of hydrogen-bond acceptors (Lipinski definition) is 3. The molecule has 88 valence electrons. The Morgan fingerprint density at radius 1 is 1.50 bits per heavy atom. The molecular formula is C12H17ClN2O. The predicted octanol–water partition coefficient (Wildman–Crippen LogP) is 2.17. The monoisotopic (exact) mass is 240 g/mol. The van der Waals surface area contributed by atoms with Gasteiger partial charge in [-0.3, -0.25) is 0 Å². The average Bonchev–Trinajstić information content (AvgIpc) is 2.38. The van der Waals surface area contributed by atoms with Crippen LogP contribution >= 0.6 is 11.6 Å². The van der Waals surface area contributed by atoms with Crippen LogP contribution in [-0.4, -0.2) is 29.3 Å². The van der Waals surface area contributed by atoms with Gasteiger partial charge in [0.1, 0.15) is 5.82 Å². The Bertz CT molecular complexity index is 346. The van der Waals surface area contributed by atoms with Crippen LogP contribution in [0.25, 0.3) is 0 Å². The van der Waals surface area contributed by atoms with Crippen molar-refractivity contribution < 1.29 is 5.11 Å². The first-order valence-electron chi connectivity index (χ1n) is 5.74. The van der Waals surface area contributed by atoms with Crippen molar-refractivity contribution in [3.05, 3.63) is 23.9 Å². The van der Waals surface area contributed by atoms with Crippen molar-refractivity contribution in [1.82, 2.24) is 4.98 Å². The number of hydrogen-bond donors (Lipinski definition) is 1. The van der Waals surface area contributed by atoms with Crippen LogP contribution in [-0.2, 0) is 5.88 Å². The van der Waals surface area contributed by atoms with E-state index in [4.69, 9.17) is 11.6 Å². The van der Waals surface area contributed by atoms with Crippen LogP contribution in [0.3, 0.4) is 0 Å². The topological polar surface area (TPSA) is 36.4 Å². The molecule has 16 heavy (non-hydrogen) atoms. The molecule has 0 aromatic carbocycles. The van der Waals surface area contributed by atoms with Gasteiger partial charge in [-0.05, 0) is 25.3 Å². The second-order valence-electron chi connectivity index (χ2n) is 4.15. The Labute approximate surface area is 101 Å². The minimum atomic E-state index is 0.193. The van der Waals surface area contributed by atoms with Gasteiger partial charge in [-0.2, -0.15) is 0 Å². The van der Waals surface area contributed by atoms with Gasteiger partial charge in [0.2, 0.25) is 0 Å². The molecule has 0 saturated carbocycles. The highest BCUT2D eigenvalue weighted by Crippen LogP contribution is 2.26. The molecule has 1 aliphatic rings. The van der Waals surface area contributed by atoms with Crippen molar-refractivity contribution in [3.63, 3.8) is 0 Å². The summed E-state index contributed by atoms with van der Waals surface area (Å²) in [5, 5.41) is 9.38. The van der Waals surface area contributed by atoms with E-state index in [0.717, 1.165) is 30.8 Å². The van der Waals surface area contributed by atoms with Gasteiger partial charge in [0.05, 0.1) is 18.5 Å². The Balaban J connectivity index is 2.26. The largest absolute Gasteiger partial charge is 0.394 e. The summed E-state index contributed by atoms with van der Waals surface area (Å²) < 4.78 is 0. The zero-order valence-electron chi connectivity index (χ0n) is 9.27. The fraction of sp³-hybridized carbons (Fsp3) is 0.583. The summed E-state index contributed by atoms with van der Waals surface area (Å²) in [5.74, 6) is 1.41. The molecule has 3 nitrogen and oxygen atoms in total. The molecule has 1 aliphatic heterocycles. The van der Waals surface area contributed by atoms with E-state index >= 15 is 0 Å². The normalized spacial score (nSPS) is 21.1. The molecule has 1 atom stereocenters. The fourth-order valence-electron chi connectivity index (χ4n) is 2.26. The Hall–Kier alpha value is -0.800. The molecule has 0 amide bonds. The van der Waals surface area contributed by atoms with Gasteiger partial charge >= 0.3 is 0 Å². The molecule has 0 spiro atoms. The van der Waals surface area contributed by atoms with Crippen molar-refractivity contribution in [2.24, 2.45) is 0 Å². The molecule has 1 unspecified atom stereocenters. The summed E-state index contributed by atoms with van der Waals surface area (Å²) in [4.78, 5) is 6.60. The lowest BCUT2D eigenvalue weighted by Gasteiger charge is -2.36. The molecule has 4 heteroatoms. The van der Waals surface area contributed by atoms with E-state index in [1.165, 1.54) is 6.42 Å². The van der Waals surface area contributed by atoms with E-state index in [1.54, 1.807) is 6.20 Å². The molecule has 1 fully saturated rings. The van der Waals surface area contributed by atoms with Crippen LogP contribution in [0.4, 0.5) is 5.82 Å². The summed E-state index contributed by atoms with van der Waals surface area (Å²) in [6.45, 7) is 1.16. The third-order valence-electron chi connectivity index (χ3n) is 3.12. The average molecular weight is 241 g/mol. The number of piperidine rings is 1. The number of halogens is 1. The first kappa shape index (κ1) is 11.7. The number of aromatic nitrogens is 1. The van der Waals surface area contributed by atoms with E-state index in [2.05, 4.69) is 9.88 Å². The SMILES string of the molecule is OCC1CCCCN1c1ncccc1CCl. The number of alkyl halides is 1. The lowest BCUT2D eigenvalue weighted by molar-refractivity contribution is 0.239. The Kier molecular flexibility index (Phi) is 4.02. The van der Waals surface area contributed by atoms with Gasteiger partial charge in [0.15, 0.2) is 0 Å². The first-order chi connectivity index (χ1) is 7.86. The molecule has 0 bridgehead atoms. The van der Waals surface area contributed by atoms with Gasteiger partial charge in [-0.25, -0.2) is 4.98 Å². The molecule has 1 N–H and O–H groups in total. The van der Waals surface area contributed by atoms with Crippen molar-refractivity contribution in [3.8, 4) is 0 Å². The van der Waals surface area contributed by atoms with Crippen molar-refractivity contribution >= 4 is 17.4 Å². The maximum atomic E-state index is 9.38. The van der Waals surface area contributed by atoms with Crippen molar-refractivity contribution in [2.45, 2.75) is 31.2 Å². The number of anilines is 1. The third-order valence-corrected chi connectivity index (χ3v) is 3.41. The smallest absolute Gasteiger partial charge is 0.133 e. The molecule has 2 rings (SSSR count). The van der Waals surface area contributed by atoms with Gasteiger partial charge in [0.25, 0.3) is 0 Å². The third kappa shape index (κ3) is 2.30. The zero-order valence-corrected chi connectivity index (χ0v) is 10.0. The maximum absolute atomic E-state index is 9.38. The van der Waals surface area contributed by atoms with Gasteiger partial charge < -0.3 is 10.0 Å². The second kappa shape index (κ2) is 5.51. The lowest BCUT2D eigenvalue weighted by Crippen LogP contribution is -2.42. The molecule has 1 aromatic rings. The highest BCUT2D eigenvalue weighted by Gasteiger charge is 2.24. The summed E-state index contributed by atoms with van der Waals surface area (Å²) in [7, 11) is 0. The van der Waals surface area contributed by atoms with Crippen molar-refractivity contribution in [1.29, 1.82) is 0 Å². The molecule has 0 radical (unpaired) electrons. The van der Waals surface area contributed by atoms with Crippen LogP contribution in [0, 0.1) is 0 Å². The summed E-state index contributed by atoms with van der Waals surface area (Å²) in [6.07, 6.45) is 5.17. The van der Waals surface area contributed by atoms with E-state index in [-0.39, 0.29) is 12.6 Å². The molecule has 1 aromatic heterocycles. The molecule has 2 heterocycles. The molecule has 0 aliphatic carbocycles. The zero-order chi connectivity index (χ0) is 11.4. The molecule has 1 saturated heterocycles. The van der Waals surface area contributed by atoms with Crippen molar-refractivity contribution in [2.75, 3.05) is 18.1 Å². The van der Waals surface area contributed by atoms with Gasteiger partial charge in [-0.15, -0.1) is 11.6 Å². The summed E-state index contributed by atoms with van der Waals surface area (Å²) in [6, 6.07) is 4.10. The van der Waals surface area contributed by atoms with Crippen LogP contribution in [0.2, 0.25) is 0 Å². The molecular weight excluding hydrogens is 224 g/mol. The highest BCUT2D eigenvalue weighted by atomic mass is 35.5. The minimum Gasteiger partial charge on any atom is -0.394 e. The number of nitrogens with zero attached hydrogens (tertiary/aromatic N) is 2.